The first kappa shape index (κ1) is 23.0. The smallest absolute Gasteiger partial charge is 0.264 e. The predicted molar refractivity (Wildman–Crippen MR) is 127 cm³/mol. The molecule has 0 saturated heterocycles. The van der Waals surface area contributed by atoms with E-state index < -0.39 is 22.5 Å². The standard InChI is InChI=1S/C22H19BrClN3O3S/c1-16-11-12-18(13-21(16)24)27(31(29,30)19-8-3-2-4-9-19)15-22(28)26-25-14-17-7-5-6-10-20(17)23/h2-14H,15H2,1H3,(H,26,28)/b25-14+. The van der Waals surface area contributed by atoms with Crippen molar-refractivity contribution in [1.82, 2.24) is 5.43 Å². The molecule has 0 bridgehead atoms. The van der Waals surface area contributed by atoms with Gasteiger partial charge in [-0.3, -0.25) is 9.10 Å². The highest BCUT2D eigenvalue weighted by molar-refractivity contribution is 9.10. The van der Waals surface area contributed by atoms with Crippen molar-refractivity contribution < 1.29 is 13.2 Å². The third-order valence-electron chi connectivity index (χ3n) is 4.36. The molecule has 0 unspecified atom stereocenters. The molecule has 0 aromatic heterocycles. The summed E-state index contributed by atoms with van der Waals surface area (Å²) in [6, 6.07) is 20.1. The molecule has 0 fully saturated rings. The van der Waals surface area contributed by atoms with Gasteiger partial charge in [-0.25, -0.2) is 13.8 Å². The molecule has 0 aliphatic rings. The minimum atomic E-state index is -4.01. The zero-order valence-corrected chi connectivity index (χ0v) is 19.7. The Hall–Kier alpha value is -2.68. The van der Waals surface area contributed by atoms with Crippen LogP contribution in [0.15, 0.2) is 87.3 Å². The van der Waals surface area contributed by atoms with Crippen LogP contribution in [0.3, 0.4) is 0 Å². The minimum absolute atomic E-state index is 0.0659. The summed E-state index contributed by atoms with van der Waals surface area (Å²) in [6.45, 7) is 1.34. The number of anilines is 1. The summed E-state index contributed by atoms with van der Waals surface area (Å²) in [5.74, 6) is -0.598. The molecule has 0 heterocycles. The van der Waals surface area contributed by atoms with E-state index in [4.69, 9.17) is 11.6 Å². The molecule has 160 valence electrons. The van der Waals surface area contributed by atoms with Gasteiger partial charge in [-0.2, -0.15) is 5.10 Å². The maximum Gasteiger partial charge on any atom is 0.264 e. The number of carbonyl (C=O) groups excluding carboxylic acids is 1. The fraction of sp³-hybridized carbons (Fsp3) is 0.0909. The van der Waals surface area contributed by atoms with Crippen molar-refractivity contribution >= 4 is 55.4 Å². The van der Waals surface area contributed by atoms with Gasteiger partial charge in [0, 0.05) is 15.1 Å². The Balaban J connectivity index is 1.87. The predicted octanol–water partition coefficient (Wildman–Crippen LogP) is 4.76. The summed E-state index contributed by atoms with van der Waals surface area (Å²) in [4.78, 5) is 12.6. The van der Waals surface area contributed by atoms with Gasteiger partial charge in [0.25, 0.3) is 15.9 Å². The number of nitrogens with one attached hydrogen (secondary N) is 1. The Morgan fingerprint density at radius 2 is 1.77 bits per heavy atom. The number of halogens is 2. The molecular weight excluding hydrogens is 502 g/mol. The molecule has 3 aromatic rings. The molecule has 0 radical (unpaired) electrons. The molecule has 1 amide bonds. The average Bonchev–Trinajstić information content (AvgIpc) is 2.76. The van der Waals surface area contributed by atoms with Crippen molar-refractivity contribution in [3.8, 4) is 0 Å². The quantitative estimate of drug-likeness (QED) is 0.360. The van der Waals surface area contributed by atoms with Crippen LogP contribution in [0.1, 0.15) is 11.1 Å². The first-order valence-corrected chi connectivity index (χ1v) is 11.8. The summed E-state index contributed by atoms with van der Waals surface area (Å²) in [5, 5.41) is 4.33. The number of hydrogen-bond acceptors (Lipinski definition) is 4. The van der Waals surface area contributed by atoms with Gasteiger partial charge in [-0.05, 0) is 42.8 Å². The molecule has 0 atom stereocenters. The van der Waals surface area contributed by atoms with E-state index in [9.17, 15) is 13.2 Å². The summed E-state index contributed by atoms with van der Waals surface area (Å²) < 4.78 is 28.4. The van der Waals surface area contributed by atoms with Crippen LogP contribution >= 0.6 is 27.5 Å². The summed E-state index contributed by atoms with van der Waals surface area (Å²) in [7, 11) is -4.01. The molecule has 3 rings (SSSR count). The van der Waals surface area contributed by atoms with Crippen LogP contribution in [-0.2, 0) is 14.8 Å². The van der Waals surface area contributed by atoms with Crippen LogP contribution in [0.4, 0.5) is 5.69 Å². The van der Waals surface area contributed by atoms with Crippen molar-refractivity contribution in [2.45, 2.75) is 11.8 Å². The molecule has 0 aliphatic carbocycles. The van der Waals surface area contributed by atoms with Gasteiger partial charge >= 0.3 is 0 Å². The molecular formula is C22H19BrClN3O3S. The first-order valence-electron chi connectivity index (χ1n) is 9.19. The summed E-state index contributed by atoms with van der Waals surface area (Å²) in [6.07, 6.45) is 1.47. The fourth-order valence-electron chi connectivity index (χ4n) is 2.69. The fourth-order valence-corrected chi connectivity index (χ4v) is 4.69. The summed E-state index contributed by atoms with van der Waals surface area (Å²) >= 11 is 9.60. The van der Waals surface area contributed by atoms with Gasteiger partial charge in [0.2, 0.25) is 0 Å². The lowest BCUT2D eigenvalue weighted by Gasteiger charge is -2.24. The van der Waals surface area contributed by atoms with Gasteiger partial charge in [-0.1, -0.05) is 70.0 Å². The summed E-state index contributed by atoms with van der Waals surface area (Å²) in [5.41, 5.74) is 4.22. The van der Waals surface area contributed by atoms with E-state index in [2.05, 4.69) is 26.5 Å². The third-order valence-corrected chi connectivity index (χ3v) is 7.28. The highest BCUT2D eigenvalue weighted by atomic mass is 79.9. The van der Waals surface area contributed by atoms with E-state index in [-0.39, 0.29) is 10.6 Å². The van der Waals surface area contributed by atoms with Gasteiger partial charge in [0.1, 0.15) is 6.54 Å². The maximum atomic E-state index is 13.3. The van der Waals surface area contributed by atoms with E-state index >= 15 is 0 Å². The molecule has 0 aliphatic heterocycles. The van der Waals surface area contributed by atoms with E-state index in [1.54, 1.807) is 30.3 Å². The highest BCUT2D eigenvalue weighted by Gasteiger charge is 2.27. The molecule has 6 nitrogen and oxygen atoms in total. The van der Waals surface area contributed by atoms with E-state index in [1.165, 1.54) is 24.4 Å². The second kappa shape index (κ2) is 10.1. The Bertz CT molecular complexity index is 1220. The molecule has 0 saturated carbocycles. The number of carbonyl (C=O) groups is 1. The highest BCUT2D eigenvalue weighted by Crippen LogP contribution is 2.27. The number of sulfonamides is 1. The maximum absolute atomic E-state index is 13.3. The van der Waals surface area contributed by atoms with E-state index in [0.29, 0.717) is 5.02 Å². The van der Waals surface area contributed by atoms with Gasteiger partial charge in [0.15, 0.2) is 0 Å². The molecule has 31 heavy (non-hydrogen) atoms. The molecule has 3 aromatic carbocycles. The van der Waals surface area contributed by atoms with Crippen LogP contribution in [0.2, 0.25) is 5.02 Å². The molecule has 9 heteroatoms. The largest absolute Gasteiger partial charge is 0.271 e. The van der Waals surface area contributed by atoms with Gasteiger partial charge < -0.3 is 0 Å². The molecule has 0 spiro atoms. The number of nitrogens with zero attached hydrogens (tertiary/aromatic N) is 2. The Labute approximate surface area is 194 Å². The number of benzene rings is 3. The second-order valence-corrected chi connectivity index (χ2v) is 9.70. The zero-order valence-electron chi connectivity index (χ0n) is 16.5. The van der Waals surface area contributed by atoms with Gasteiger partial charge in [0.05, 0.1) is 16.8 Å². The van der Waals surface area contributed by atoms with E-state index in [0.717, 1.165) is 19.9 Å². The normalized spacial score (nSPS) is 11.5. The SMILES string of the molecule is Cc1ccc(N(CC(=O)N/N=C/c2ccccc2Br)S(=O)(=O)c2ccccc2)cc1Cl. The van der Waals surface area contributed by atoms with Crippen molar-refractivity contribution in [1.29, 1.82) is 0 Å². The van der Waals surface area contributed by atoms with Crippen LogP contribution < -0.4 is 9.73 Å². The Morgan fingerprint density at radius 1 is 1.10 bits per heavy atom. The van der Waals surface area contributed by atoms with Crippen molar-refractivity contribution in [3.63, 3.8) is 0 Å². The lowest BCUT2D eigenvalue weighted by Crippen LogP contribution is -2.39. The van der Waals surface area contributed by atoms with Crippen molar-refractivity contribution in [2.75, 3.05) is 10.8 Å². The lowest BCUT2D eigenvalue weighted by molar-refractivity contribution is -0.119. The van der Waals surface area contributed by atoms with Crippen LogP contribution in [0.25, 0.3) is 0 Å². The van der Waals surface area contributed by atoms with E-state index in [1.807, 2.05) is 31.2 Å². The van der Waals surface area contributed by atoms with Crippen LogP contribution in [0.5, 0.6) is 0 Å². The molecule has 1 N–H and O–H groups in total. The Kier molecular flexibility index (Phi) is 7.48. The second-order valence-electron chi connectivity index (χ2n) is 6.57. The third kappa shape index (κ3) is 5.72. The number of amides is 1. The average molecular weight is 521 g/mol. The van der Waals surface area contributed by atoms with Crippen molar-refractivity contribution in [3.05, 3.63) is 93.4 Å². The minimum Gasteiger partial charge on any atom is -0.271 e. The first-order chi connectivity index (χ1) is 14.8. The number of hydrogen-bond donors (Lipinski definition) is 1. The zero-order chi connectivity index (χ0) is 22.4. The van der Waals surface area contributed by atoms with Gasteiger partial charge in [-0.15, -0.1) is 0 Å². The lowest BCUT2D eigenvalue weighted by atomic mass is 10.2. The topological polar surface area (TPSA) is 78.8 Å². The number of rotatable bonds is 7. The van der Waals surface area contributed by atoms with Crippen LogP contribution in [-0.4, -0.2) is 27.1 Å². The number of hydrazone groups is 1. The Morgan fingerprint density at radius 3 is 2.45 bits per heavy atom. The number of aryl methyl sites for hydroxylation is 1. The van der Waals surface area contributed by atoms with Crippen LogP contribution in [0, 0.1) is 6.92 Å². The monoisotopic (exact) mass is 519 g/mol. The van der Waals surface area contributed by atoms with Crippen molar-refractivity contribution in [2.24, 2.45) is 5.10 Å².